The summed E-state index contributed by atoms with van der Waals surface area (Å²) >= 11 is 0. The number of hydrogen-bond donors (Lipinski definition) is 1. The summed E-state index contributed by atoms with van der Waals surface area (Å²) in [4.78, 5) is 14.8. The van der Waals surface area contributed by atoms with E-state index >= 15 is 0 Å². The molecule has 1 N–H and O–H groups in total. The van der Waals surface area contributed by atoms with E-state index in [0.29, 0.717) is 23.8 Å². The van der Waals surface area contributed by atoms with Crippen molar-refractivity contribution < 1.29 is 4.79 Å². The van der Waals surface area contributed by atoms with Crippen molar-refractivity contribution in [1.82, 2.24) is 10.2 Å². The van der Waals surface area contributed by atoms with Gasteiger partial charge in [0.25, 0.3) is 0 Å². The average Bonchev–Trinajstić information content (AvgIpc) is 2.54. The molecular weight excluding hydrogens is 224 g/mol. The van der Waals surface area contributed by atoms with Crippen LogP contribution in [0.3, 0.4) is 0 Å². The zero-order valence-corrected chi connectivity index (χ0v) is 12.3. The molecule has 0 aromatic carbocycles. The molecule has 1 saturated carbocycles. The van der Waals surface area contributed by atoms with Crippen molar-refractivity contribution in [2.75, 3.05) is 0 Å². The van der Waals surface area contributed by atoms with Crippen LogP contribution in [-0.2, 0) is 4.79 Å². The molecular formula is C15H28N2O. The molecule has 1 heterocycles. The van der Waals surface area contributed by atoms with Crippen molar-refractivity contribution >= 4 is 5.91 Å². The third-order valence-corrected chi connectivity index (χ3v) is 4.60. The third-order valence-electron chi connectivity index (χ3n) is 4.60. The lowest BCUT2D eigenvalue weighted by Crippen LogP contribution is -2.48. The molecule has 3 unspecified atom stereocenters. The maximum absolute atomic E-state index is 12.6. The van der Waals surface area contributed by atoms with Crippen LogP contribution in [0.25, 0.3) is 0 Å². The number of hydrogen-bond acceptors (Lipinski definition) is 2. The Balaban J connectivity index is 2.09. The summed E-state index contributed by atoms with van der Waals surface area (Å²) in [6, 6.07) is 0.571. The van der Waals surface area contributed by atoms with Crippen molar-refractivity contribution in [3.8, 4) is 0 Å². The topological polar surface area (TPSA) is 32.3 Å². The van der Waals surface area contributed by atoms with Crippen molar-refractivity contribution in [2.45, 2.75) is 78.0 Å². The Morgan fingerprint density at radius 2 is 2.00 bits per heavy atom. The summed E-state index contributed by atoms with van der Waals surface area (Å²) in [5.41, 5.74) is 0. The van der Waals surface area contributed by atoms with E-state index in [4.69, 9.17) is 0 Å². The molecule has 0 radical (unpaired) electrons. The van der Waals surface area contributed by atoms with E-state index < -0.39 is 0 Å². The minimum Gasteiger partial charge on any atom is -0.323 e. The first-order valence-electron chi connectivity index (χ1n) is 7.62. The van der Waals surface area contributed by atoms with Gasteiger partial charge in [-0.1, -0.05) is 34.1 Å². The molecule has 1 aliphatic carbocycles. The van der Waals surface area contributed by atoms with Crippen LogP contribution in [0.4, 0.5) is 0 Å². The number of carbonyl (C=O) groups is 1. The Kier molecular flexibility index (Phi) is 4.31. The van der Waals surface area contributed by atoms with Crippen LogP contribution in [-0.4, -0.2) is 29.1 Å². The number of nitrogens with one attached hydrogen (secondary N) is 1. The van der Waals surface area contributed by atoms with Crippen LogP contribution in [0, 0.1) is 11.8 Å². The normalized spacial score (nSPS) is 30.9. The molecule has 0 aromatic heterocycles. The van der Waals surface area contributed by atoms with Gasteiger partial charge in [-0.15, -0.1) is 0 Å². The van der Waals surface area contributed by atoms with Crippen molar-refractivity contribution in [3.63, 3.8) is 0 Å². The third kappa shape index (κ3) is 2.56. The van der Waals surface area contributed by atoms with Gasteiger partial charge >= 0.3 is 0 Å². The van der Waals surface area contributed by atoms with Gasteiger partial charge in [-0.25, -0.2) is 0 Å². The first-order chi connectivity index (χ1) is 8.54. The molecule has 3 heteroatoms. The Labute approximate surface area is 111 Å². The van der Waals surface area contributed by atoms with Gasteiger partial charge in [0.2, 0.25) is 5.91 Å². The van der Waals surface area contributed by atoms with E-state index in [2.05, 4.69) is 37.9 Å². The van der Waals surface area contributed by atoms with Crippen molar-refractivity contribution in [1.29, 1.82) is 0 Å². The fraction of sp³-hybridized carbons (Fsp3) is 0.933. The lowest BCUT2D eigenvalue weighted by atomic mass is 9.90. The zero-order valence-electron chi connectivity index (χ0n) is 12.3. The quantitative estimate of drug-likeness (QED) is 0.816. The molecule has 2 aliphatic rings. The van der Waals surface area contributed by atoms with E-state index in [1.807, 2.05) is 0 Å². The molecule has 18 heavy (non-hydrogen) atoms. The van der Waals surface area contributed by atoms with Gasteiger partial charge in [0, 0.05) is 6.04 Å². The number of rotatable bonds is 5. The first kappa shape index (κ1) is 13.9. The molecule has 0 bridgehead atoms. The monoisotopic (exact) mass is 252 g/mol. The van der Waals surface area contributed by atoms with Crippen LogP contribution < -0.4 is 5.32 Å². The summed E-state index contributed by atoms with van der Waals surface area (Å²) in [6.45, 7) is 8.83. The number of amides is 1. The maximum Gasteiger partial charge on any atom is 0.241 e. The molecule has 104 valence electrons. The van der Waals surface area contributed by atoms with Crippen molar-refractivity contribution in [3.05, 3.63) is 0 Å². The van der Waals surface area contributed by atoms with E-state index in [-0.39, 0.29) is 12.2 Å². The average molecular weight is 252 g/mol. The van der Waals surface area contributed by atoms with Crippen LogP contribution in [0.15, 0.2) is 0 Å². The minimum absolute atomic E-state index is 0.0550. The summed E-state index contributed by atoms with van der Waals surface area (Å²) in [6.07, 6.45) is 6.12. The lowest BCUT2D eigenvalue weighted by molar-refractivity contribution is -0.135. The molecule has 3 atom stereocenters. The molecule has 0 spiro atoms. The van der Waals surface area contributed by atoms with Gasteiger partial charge in [0.05, 0.1) is 12.2 Å². The second-order valence-corrected chi connectivity index (χ2v) is 6.51. The minimum atomic E-state index is 0.0550. The largest absolute Gasteiger partial charge is 0.323 e. The first-order valence-corrected chi connectivity index (χ1v) is 7.62. The van der Waals surface area contributed by atoms with Crippen LogP contribution in [0.1, 0.15) is 59.8 Å². The van der Waals surface area contributed by atoms with Gasteiger partial charge in [-0.3, -0.25) is 10.1 Å². The summed E-state index contributed by atoms with van der Waals surface area (Å²) in [5, 5.41) is 3.60. The van der Waals surface area contributed by atoms with Gasteiger partial charge in [0.1, 0.15) is 0 Å². The molecule has 1 aliphatic heterocycles. The second-order valence-electron chi connectivity index (χ2n) is 6.51. The van der Waals surface area contributed by atoms with Crippen molar-refractivity contribution in [2.24, 2.45) is 11.8 Å². The molecule has 2 rings (SSSR count). The Morgan fingerprint density at radius 1 is 1.33 bits per heavy atom. The Morgan fingerprint density at radius 3 is 2.44 bits per heavy atom. The molecule has 1 saturated heterocycles. The van der Waals surface area contributed by atoms with E-state index in [1.165, 1.54) is 19.3 Å². The highest BCUT2D eigenvalue weighted by Gasteiger charge is 2.45. The maximum atomic E-state index is 12.6. The fourth-order valence-corrected chi connectivity index (χ4v) is 3.04. The molecule has 0 aromatic rings. The van der Waals surface area contributed by atoms with Gasteiger partial charge < -0.3 is 4.90 Å². The zero-order chi connectivity index (χ0) is 13.3. The van der Waals surface area contributed by atoms with E-state index in [1.54, 1.807) is 0 Å². The van der Waals surface area contributed by atoms with E-state index in [0.717, 1.165) is 12.8 Å². The Hall–Kier alpha value is -0.570. The summed E-state index contributed by atoms with van der Waals surface area (Å²) in [5.74, 6) is 1.44. The SMILES string of the molecule is CCC(C)C1NC(CC(C)C)N(C2CCC2)C1=O. The highest BCUT2D eigenvalue weighted by molar-refractivity contribution is 5.85. The molecule has 3 nitrogen and oxygen atoms in total. The van der Waals surface area contributed by atoms with Crippen LogP contribution in [0.5, 0.6) is 0 Å². The summed E-state index contributed by atoms with van der Waals surface area (Å²) < 4.78 is 0. The Bertz CT molecular complexity index is 299. The highest BCUT2D eigenvalue weighted by Crippen LogP contribution is 2.32. The molecule has 2 fully saturated rings. The lowest BCUT2D eigenvalue weighted by Gasteiger charge is -2.38. The van der Waals surface area contributed by atoms with Crippen LogP contribution in [0.2, 0.25) is 0 Å². The van der Waals surface area contributed by atoms with Gasteiger partial charge in [-0.05, 0) is 37.5 Å². The number of carbonyl (C=O) groups excluding carboxylic acids is 1. The summed E-state index contributed by atoms with van der Waals surface area (Å²) in [7, 11) is 0. The molecule has 1 amide bonds. The van der Waals surface area contributed by atoms with Crippen LogP contribution >= 0.6 is 0 Å². The van der Waals surface area contributed by atoms with E-state index in [9.17, 15) is 4.79 Å². The highest BCUT2D eigenvalue weighted by atomic mass is 16.2. The van der Waals surface area contributed by atoms with Gasteiger partial charge in [0.15, 0.2) is 0 Å². The second kappa shape index (κ2) is 5.60. The fourth-order valence-electron chi connectivity index (χ4n) is 3.04. The smallest absolute Gasteiger partial charge is 0.241 e. The number of nitrogens with zero attached hydrogens (tertiary/aromatic N) is 1. The predicted octanol–water partition coefficient (Wildman–Crippen LogP) is 2.76. The predicted molar refractivity (Wildman–Crippen MR) is 74.1 cm³/mol. The van der Waals surface area contributed by atoms with Gasteiger partial charge in [-0.2, -0.15) is 0 Å². The standard InChI is InChI=1S/C15H28N2O/c1-5-11(4)14-15(18)17(12-7-6-8-12)13(16-14)9-10(2)3/h10-14,16H,5-9H2,1-4H3.